The summed E-state index contributed by atoms with van der Waals surface area (Å²) >= 11 is 0. The molecule has 0 spiro atoms. The molecular formula is C16H17N3. The van der Waals surface area contributed by atoms with Crippen molar-refractivity contribution in [2.75, 3.05) is 0 Å². The number of nitrogens with zero attached hydrogens (tertiary/aromatic N) is 3. The Hall–Kier alpha value is -2.16. The fraction of sp³-hybridized carbons (Fsp3) is 0.250. The van der Waals surface area contributed by atoms with Crippen molar-refractivity contribution >= 4 is 5.65 Å². The van der Waals surface area contributed by atoms with Crippen molar-refractivity contribution in [1.29, 1.82) is 0 Å². The zero-order valence-electron chi connectivity index (χ0n) is 11.7. The summed E-state index contributed by atoms with van der Waals surface area (Å²) in [5, 5.41) is 4.42. The third kappa shape index (κ3) is 2.01. The predicted molar refractivity (Wildman–Crippen MR) is 77.4 cm³/mol. The zero-order chi connectivity index (χ0) is 13.6. The summed E-state index contributed by atoms with van der Waals surface area (Å²) < 4.78 is 1.88. The monoisotopic (exact) mass is 251 g/mol. The molecule has 0 unspecified atom stereocenters. The molecular weight excluding hydrogens is 234 g/mol. The van der Waals surface area contributed by atoms with Gasteiger partial charge in [0.2, 0.25) is 0 Å². The molecule has 0 bridgehead atoms. The molecule has 19 heavy (non-hydrogen) atoms. The largest absolute Gasteiger partial charge is 0.220 e. The zero-order valence-corrected chi connectivity index (χ0v) is 11.7. The Labute approximate surface area is 112 Å². The van der Waals surface area contributed by atoms with Crippen LogP contribution in [0.2, 0.25) is 0 Å². The minimum Gasteiger partial charge on any atom is -0.220 e. The van der Waals surface area contributed by atoms with Gasteiger partial charge in [0.15, 0.2) is 5.65 Å². The Morgan fingerprint density at radius 2 is 1.74 bits per heavy atom. The van der Waals surface area contributed by atoms with Gasteiger partial charge in [0, 0.05) is 11.8 Å². The van der Waals surface area contributed by atoms with Crippen LogP contribution in [0.1, 0.15) is 22.5 Å². The van der Waals surface area contributed by atoms with Gasteiger partial charge in [-0.15, -0.1) is 0 Å². The van der Waals surface area contributed by atoms with Crippen molar-refractivity contribution in [3.63, 3.8) is 0 Å². The molecule has 1 aromatic carbocycles. The standard InChI is InChI=1S/C16H17N3/c1-10-5-6-11(2)15(7-10)14-8-12(3)16-17-13(4)18-19(16)9-14/h5-9H,1-4H3. The van der Waals surface area contributed by atoms with Crippen molar-refractivity contribution in [3.8, 4) is 11.1 Å². The van der Waals surface area contributed by atoms with E-state index in [4.69, 9.17) is 0 Å². The van der Waals surface area contributed by atoms with E-state index in [1.54, 1.807) is 0 Å². The molecule has 0 fully saturated rings. The smallest absolute Gasteiger partial charge is 0.158 e. The van der Waals surface area contributed by atoms with Crippen LogP contribution >= 0.6 is 0 Å². The molecule has 0 aliphatic rings. The van der Waals surface area contributed by atoms with Gasteiger partial charge in [0.05, 0.1) is 0 Å². The van der Waals surface area contributed by atoms with Crippen LogP contribution in [0.3, 0.4) is 0 Å². The van der Waals surface area contributed by atoms with Crippen LogP contribution in [-0.4, -0.2) is 14.6 Å². The molecule has 0 saturated carbocycles. The Bertz CT molecular complexity index is 769. The minimum atomic E-state index is 0.807. The van der Waals surface area contributed by atoms with Crippen LogP contribution < -0.4 is 0 Å². The highest BCUT2D eigenvalue weighted by atomic mass is 15.3. The Morgan fingerprint density at radius 3 is 2.53 bits per heavy atom. The second-order valence-electron chi connectivity index (χ2n) is 5.16. The van der Waals surface area contributed by atoms with Gasteiger partial charge in [0.1, 0.15) is 5.82 Å². The molecule has 2 aromatic heterocycles. The van der Waals surface area contributed by atoms with Gasteiger partial charge in [0.25, 0.3) is 0 Å². The molecule has 0 radical (unpaired) electrons. The van der Waals surface area contributed by atoms with Crippen molar-refractivity contribution < 1.29 is 0 Å². The average molecular weight is 251 g/mol. The number of hydrogen-bond donors (Lipinski definition) is 0. The van der Waals surface area contributed by atoms with E-state index < -0.39 is 0 Å². The lowest BCUT2D eigenvalue weighted by molar-refractivity contribution is 0.928. The summed E-state index contributed by atoms with van der Waals surface area (Å²) in [4.78, 5) is 4.44. The number of aryl methyl sites for hydroxylation is 4. The SMILES string of the molecule is Cc1ccc(C)c(-c2cc(C)c3nc(C)nn3c2)c1. The highest BCUT2D eigenvalue weighted by Crippen LogP contribution is 2.26. The maximum absolute atomic E-state index is 4.44. The van der Waals surface area contributed by atoms with Crippen molar-refractivity contribution in [2.45, 2.75) is 27.7 Å². The van der Waals surface area contributed by atoms with E-state index >= 15 is 0 Å². The first-order chi connectivity index (χ1) is 9.04. The maximum atomic E-state index is 4.44. The van der Waals surface area contributed by atoms with Gasteiger partial charge in [-0.25, -0.2) is 9.50 Å². The first-order valence-corrected chi connectivity index (χ1v) is 6.46. The molecule has 3 heteroatoms. The van der Waals surface area contributed by atoms with Gasteiger partial charge >= 0.3 is 0 Å². The Kier molecular flexibility index (Phi) is 2.63. The van der Waals surface area contributed by atoms with E-state index in [2.05, 4.69) is 61.3 Å². The summed E-state index contributed by atoms with van der Waals surface area (Å²) in [6.07, 6.45) is 2.06. The second-order valence-corrected chi connectivity index (χ2v) is 5.16. The molecule has 0 aliphatic heterocycles. The van der Waals surface area contributed by atoms with Crippen LogP contribution in [0.25, 0.3) is 16.8 Å². The maximum Gasteiger partial charge on any atom is 0.158 e. The Balaban J connectivity index is 2.27. The van der Waals surface area contributed by atoms with Gasteiger partial charge in [-0.2, -0.15) is 5.10 Å². The molecule has 3 nitrogen and oxygen atoms in total. The topological polar surface area (TPSA) is 30.2 Å². The third-order valence-corrected chi connectivity index (χ3v) is 3.43. The lowest BCUT2D eigenvalue weighted by atomic mass is 9.99. The Morgan fingerprint density at radius 1 is 0.947 bits per heavy atom. The minimum absolute atomic E-state index is 0.807. The first kappa shape index (κ1) is 11.9. The molecule has 96 valence electrons. The lowest BCUT2D eigenvalue weighted by Gasteiger charge is -2.09. The van der Waals surface area contributed by atoms with E-state index in [9.17, 15) is 0 Å². The van der Waals surface area contributed by atoms with Gasteiger partial charge in [-0.1, -0.05) is 23.8 Å². The molecule has 0 saturated heterocycles. The normalized spacial score (nSPS) is 11.2. The van der Waals surface area contributed by atoms with E-state index in [0.717, 1.165) is 17.0 Å². The summed E-state index contributed by atoms with van der Waals surface area (Å²) in [5.74, 6) is 0.807. The average Bonchev–Trinajstić information content (AvgIpc) is 2.73. The molecule has 0 amide bonds. The lowest BCUT2D eigenvalue weighted by Crippen LogP contribution is -1.94. The summed E-state index contributed by atoms with van der Waals surface area (Å²) in [6, 6.07) is 8.71. The van der Waals surface area contributed by atoms with Crippen molar-refractivity contribution in [1.82, 2.24) is 14.6 Å². The molecule has 0 aliphatic carbocycles. The highest BCUT2D eigenvalue weighted by Gasteiger charge is 2.08. The summed E-state index contributed by atoms with van der Waals surface area (Å²) in [5.41, 5.74) is 7.09. The number of benzene rings is 1. The fourth-order valence-corrected chi connectivity index (χ4v) is 2.45. The number of hydrogen-bond acceptors (Lipinski definition) is 2. The van der Waals surface area contributed by atoms with Crippen LogP contribution in [0.15, 0.2) is 30.5 Å². The first-order valence-electron chi connectivity index (χ1n) is 6.46. The van der Waals surface area contributed by atoms with Crippen LogP contribution in [0, 0.1) is 27.7 Å². The van der Waals surface area contributed by atoms with E-state index in [1.807, 2.05) is 11.4 Å². The molecule has 2 heterocycles. The van der Waals surface area contributed by atoms with E-state index in [-0.39, 0.29) is 0 Å². The number of rotatable bonds is 1. The number of aromatic nitrogens is 3. The predicted octanol–water partition coefficient (Wildman–Crippen LogP) is 3.63. The second kappa shape index (κ2) is 4.19. The molecule has 3 aromatic rings. The highest BCUT2D eigenvalue weighted by molar-refractivity contribution is 5.70. The molecule has 0 atom stereocenters. The molecule has 3 rings (SSSR count). The quantitative estimate of drug-likeness (QED) is 0.661. The fourth-order valence-electron chi connectivity index (χ4n) is 2.45. The van der Waals surface area contributed by atoms with Crippen molar-refractivity contribution in [3.05, 3.63) is 53.0 Å². The van der Waals surface area contributed by atoms with Crippen molar-refractivity contribution in [2.24, 2.45) is 0 Å². The van der Waals surface area contributed by atoms with Crippen LogP contribution in [0.4, 0.5) is 0 Å². The molecule has 0 N–H and O–H groups in total. The van der Waals surface area contributed by atoms with Crippen LogP contribution in [0.5, 0.6) is 0 Å². The van der Waals surface area contributed by atoms with Gasteiger partial charge in [-0.05, 0) is 50.5 Å². The van der Waals surface area contributed by atoms with Crippen LogP contribution in [-0.2, 0) is 0 Å². The number of fused-ring (bicyclic) bond motifs is 1. The van der Waals surface area contributed by atoms with Gasteiger partial charge < -0.3 is 0 Å². The van der Waals surface area contributed by atoms with E-state index in [0.29, 0.717) is 0 Å². The van der Waals surface area contributed by atoms with E-state index in [1.165, 1.54) is 22.3 Å². The summed E-state index contributed by atoms with van der Waals surface area (Å²) in [6.45, 7) is 8.26. The summed E-state index contributed by atoms with van der Waals surface area (Å²) in [7, 11) is 0. The third-order valence-electron chi connectivity index (χ3n) is 3.43. The van der Waals surface area contributed by atoms with Gasteiger partial charge in [-0.3, -0.25) is 0 Å². The number of pyridine rings is 1.